The molecule has 0 aliphatic carbocycles. The zero-order chi connectivity index (χ0) is 23.8. The second kappa shape index (κ2) is 8.84. The number of anilines is 1. The Hall–Kier alpha value is -4.24. The number of aromatic amines is 1. The summed E-state index contributed by atoms with van der Waals surface area (Å²) in [7, 11) is 2.12. The van der Waals surface area contributed by atoms with E-state index in [9.17, 15) is 4.79 Å². The van der Waals surface area contributed by atoms with E-state index in [1.165, 1.54) is 0 Å². The second-order valence-corrected chi connectivity index (χ2v) is 8.87. The summed E-state index contributed by atoms with van der Waals surface area (Å²) in [6, 6.07) is 13.3. The molecule has 0 atom stereocenters. The summed E-state index contributed by atoms with van der Waals surface area (Å²) < 4.78 is 0. The van der Waals surface area contributed by atoms with Crippen molar-refractivity contribution in [2.24, 2.45) is 0 Å². The molecule has 1 aromatic carbocycles. The number of nitrogens with zero attached hydrogens (tertiary/aromatic N) is 7. The quantitative estimate of drug-likeness (QED) is 0.396. The molecule has 0 unspecified atom stereocenters. The molecule has 1 aliphatic heterocycles. The van der Waals surface area contributed by atoms with Gasteiger partial charge in [-0.05, 0) is 43.4 Å². The first-order chi connectivity index (χ1) is 17.1. The molecule has 0 radical (unpaired) electrons. The van der Waals surface area contributed by atoms with Gasteiger partial charge in [-0.1, -0.05) is 6.07 Å². The van der Waals surface area contributed by atoms with Gasteiger partial charge in [-0.25, -0.2) is 9.97 Å². The predicted octanol–water partition coefficient (Wildman–Crippen LogP) is 3.14. The van der Waals surface area contributed by atoms with Crippen LogP contribution in [0.25, 0.3) is 33.3 Å². The topological polar surface area (TPSA) is 104 Å². The van der Waals surface area contributed by atoms with Crippen LogP contribution in [0.15, 0.2) is 61.1 Å². The number of pyridine rings is 1. The zero-order valence-corrected chi connectivity index (χ0v) is 19.3. The van der Waals surface area contributed by atoms with E-state index in [-0.39, 0.29) is 12.2 Å². The highest BCUT2D eigenvalue weighted by molar-refractivity contribution is 5.98. The second-order valence-electron chi connectivity index (χ2n) is 8.87. The molecule has 9 heteroatoms. The summed E-state index contributed by atoms with van der Waals surface area (Å²) >= 11 is 0. The Morgan fingerprint density at radius 1 is 0.971 bits per heavy atom. The van der Waals surface area contributed by atoms with Crippen molar-refractivity contribution in [2.45, 2.75) is 6.42 Å². The lowest BCUT2D eigenvalue weighted by Gasteiger charge is -2.33. The first-order valence-corrected chi connectivity index (χ1v) is 11.6. The van der Waals surface area contributed by atoms with Crippen molar-refractivity contribution >= 4 is 33.7 Å². The average Bonchev–Trinajstić information content (AvgIpc) is 3.37. The molecule has 9 nitrogen and oxygen atoms in total. The van der Waals surface area contributed by atoms with E-state index < -0.39 is 0 Å². The minimum Gasteiger partial charge on any atom is -0.354 e. The number of carbonyl (C=O) groups excluding carboxylic acids is 1. The van der Waals surface area contributed by atoms with E-state index in [2.05, 4.69) is 47.0 Å². The molecular formula is C26H24N8O. The number of hydrogen-bond donors (Lipinski definition) is 1. The van der Waals surface area contributed by atoms with Crippen molar-refractivity contribution in [1.29, 1.82) is 0 Å². The van der Waals surface area contributed by atoms with E-state index >= 15 is 0 Å². The van der Waals surface area contributed by atoms with E-state index in [1.54, 1.807) is 18.5 Å². The van der Waals surface area contributed by atoms with Crippen LogP contribution in [0.4, 0.5) is 5.82 Å². The Bertz CT molecular complexity index is 1540. The van der Waals surface area contributed by atoms with Crippen LogP contribution in [-0.2, 0) is 6.42 Å². The first kappa shape index (κ1) is 21.3. The molecule has 1 aliphatic rings. The minimum absolute atomic E-state index is 0.00403. The molecule has 4 aromatic heterocycles. The van der Waals surface area contributed by atoms with Crippen LogP contribution in [0.2, 0.25) is 0 Å². The number of piperazine rings is 1. The van der Waals surface area contributed by atoms with E-state index in [1.807, 2.05) is 42.6 Å². The first-order valence-electron chi connectivity index (χ1n) is 11.6. The molecule has 1 N–H and O–H groups in total. The number of nitrogens with one attached hydrogen (secondary N) is 1. The maximum atomic E-state index is 13.1. The van der Waals surface area contributed by atoms with E-state index in [4.69, 9.17) is 0 Å². The molecular weight excluding hydrogens is 440 g/mol. The van der Waals surface area contributed by atoms with Crippen LogP contribution in [0.5, 0.6) is 0 Å². The number of ketones is 1. The van der Waals surface area contributed by atoms with Gasteiger partial charge in [-0.2, -0.15) is 10.2 Å². The lowest BCUT2D eigenvalue weighted by atomic mass is 10.0. The van der Waals surface area contributed by atoms with Crippen molar-refractivity contribution in [3.63, 3.8) is 0 Å². The fourth-order valence-electron chi connectivity index (χ4n) is 4.37. The van der Waals surface area contributed by atoms with Crippen molar-refractivity contribution in [3.8, 4) is 11.3 Å². The third kappa shape index (κ3) is 4.33. The number of carbonyl (C=O) groups is 1. The van der Waals surface area contributed by atoms with Gasteiger partial charge in [-0.3, -0.25) is 9.78 Å². The summed E-state index contributed by atoms with van der Waals surface area (Å²) in [6.07, 6.45) is 5.47. The number of fused-ring (bicyclic) bond motifs is 2. The van der Waals surface area contributed by atoms with Gasteiger partial charge >= 0.3 is 0 Å². The molecule has 0 amide bonds. The van der Waals surface area contributed by atoms with Crippen molar-refractivity contribution in [1.82, 2.24) is 35.0 Å². The Morgan fingerprint density at radius 3 is 2.74 bits per heavy atom. The van der Waals surface area contributed by atoms with Gasteiger partial charge in [-0.15, -0.1) is 0 Å². The zero-order valence-electron chi connectivity index (χ0n) is 19.3. The lowest BCUT2D eigenvalue weighted by Crippen LogP contribution is -2.44. The van der Waals surface area contributed by atoms with E-state index in [0.717, 1.165) is 65.3 Å². The van der Waals surface area contributed by atoms with Crippen molar-refractivity contribution < 1.29 is 4.79 Å². The van der Waals surface area contributed by atoms with Gasteiger partial charge in [0.05, 0.1) is 29.5 Å². The molecule has 1 saturated heterocycles. The van der Waals surface area contributed by atoms with E-state index in [0.29, 0.717) is 11.3 Å². The summed E-state index contributed by atoms with van der Waals surface area (Å²) in [5.41, 5.74) is 5.30. The van der Waals surface area contributed by atoms with Crippen molar-refractivity contribution in [3.05, 3.63) is 72.3 Å². The molecule has 0 bridgehead atoms. The van der Waals surface area contributed by atoms with Gasteiger partial charge in [0.2, 0.25) is 0 Å². The van der Waals surface area contributed by atoms with Crippen molar-refractivity contribution in [2.75, 3.05) is 38.1 Å². The Morgan fingerprint density at radius 2 is 1.86 bits per heavy atom. The highest BCUT2D eigenvalue weighted by Gasteiger charge is 2.17. The number of rotatable bonds is 5. The van der Waals surface area contributed by atoms with Gasteiger partial charge < -0.3 is 14.8 Å². The average molecular weight is 465 g/mol. The normalized spacial score (nSPS) is 14.6. The summed E-state index contributed by atoms with van der Waals surface area (Å²) in [6.45, 7) is 3.78. The minimum atomic E-state index is -0.00403. The standard InChI is InChI=1S/C26H24N8O/c1-33-8-10-34(11-9-33)25-14-18(4-6-27-25)24(35)15-20-13-19-12-17(2-3-21(19)32-31-20)23-16-29-22-5-7-28-26(22)30-23/h2-7,12-14,16H,8-11,15H2,1H3,(H,28,30). The SMILES string of the molecule is CN1CCN(c2cc(C(=O)Cc3cc4cc(-c5cnc6cc[nH]c6n5)ccc4nn3)ccn2)CC1. The highest BCUT2D eigenvalue weighted by atomic mass is 16.1. The Kier molecular flexibility index (Phi) is 5.38. The van der Waals surface area contributed by atoms with Gasteiger partial charge in [0.15, 0.2) is 11.4 Å². The van der Waals surface area contributed by atoms with Gasteiger partial charge in [0.25, 0.3) is 0 Å². The van der Waals surface area contributed by atoms with Crippen LogP contribution in [-0.4, -0.2) is 74.0 Å². The molecule has 174 valence electrons. The third-order valence-electron chi connectivity index (χ3n) is 6.43. The fraction of sp³-hybridized carbons (Fsp3) is 0.231. The largest absolute Gasteiger partial charge is 0.354 e. The number of benzene rings is 1. The summed E-state index contributed by atoms with van der Waals surface area (Å²) in [5.74, 6) is 0.842. The molecule has 0 spiro atoms. The lowest BCUT2D eigenvalue weighted by molar-refractivity contribution is 0.0991. The summed E-state index contributed by atoms with van der Waals surface area (Å²) in [5, 5.41) is 9.53. The molecule has 0 saturated carbocycles. The smallest absolute Gasteiger partial charge is 0.169 e. The monoisotopic (exact) mass is 464 g/mol. The maximum Gasteiger partial charge on any atom is 0.169 e. The number of aromatic nitrogens is 6. The fourth-order valence-corrected chi connectivity index (χ4v) is 4.37. The Labute approximate surface area is 201 Å². The maximum absolute atomic E-state index is 13.1. The van der Waals surface area contributed by atoms with Crippen LogP contribution >= 0.6 is 0 Å². The number of likely N-dealkylation sites (N-methyl/N-ethyl adjacent to an activating group) is 1. The summed E-state index contributed by atoms with van der Waals surface area (Å²) in [4.78, 5) is 34.3. The molecule has 5 heterocycles. The molecule has 35 heavy (non-hydrogen) atoms. The van der Waals surface area contributed by atoms with Crippen LogP contribution in [0, 0.1) is 0 Å². The number of Topliss-reactive ketones (excluding diaryl/α,β-unsaturated/α-hetero) is 1. The molecule has 5 aromatic rings. The third-order valence-corrected chi connectivity index (χ3v) is 6.43. The Balaban J connectivity index is 1.24. The van der Waals surface area contributed by atoms with Gasteiger partial charge in [0, 0.05) is 55.1 Å². The van der Waals surface area contributed by atoms with Crippen LogP contribution < -0.4 is 4.90 Å². The highest BCUT2D eigenvalue weighted by Crippen LogP contribution is 2.24. The number of H-pyrrole nitrogens is 1. The van der Waals surface area contributed by atoms with Crippen LogP contribution in [0.1, 0.15) is 16.1 Å². The molecule has 6 rings (SSSR count). The molecule has 1 fully saturated rings. The van der Waals surface area contributed by atoms with Gasteiger partial charge in [0.1, 0.15) is 11.3 Å². The number of hydrogen-bond acceptors (Lipinski definition) is 8. The van der Waals surface area contributed by atoms with Crippen LogP contribution in [0.3, 0.4) is 0 Å². The predicted molar refractivity (Wildman–Crippen MR) is 134 cm³/mol.